The van der Waals surface area contributed by atoms with Gasteiger partial charge >= 0.3 is 5.97 Å². The Kier molecular flexibility index (Phi) is 6.59. The third kappa shape index (κ3) is 4.90. The fourth-order valence-electron chi connectivity index (χ4n) is 3.19. The monoisotopic (exact) mass is 473 g/mol. The van der Waals surface area contributed by atoms with Crippen LogP contribution in [-0.2, 0) is 19.6 Å². The number of esters is 1. The maximum absolute atomic E-state index is 12.4. The van der Waals surface area contributed by atoms with Crippen molar-refractivity contribution in [3.05, 3.63) is 57.3 Å². The highest BCUT2D eigenvalue weighted by Crippen LogP contribution is 2.28. The minimum absolute atomic E-state index is 0.0934. The number of nitrogens with one attached hydrogen (secondary N) is 1. The van der Waals surface area contributed by atoms with E-state index in [2.05, 4.69) is 4.98 Å². The summed E-state index contributed by atoms with van der Waals surface area (Å²) in [6.07, 6.45) is 0. The zero-order valence-electron chi connectivity index (χ0n) is 17.6. The second kappa shape index (κ2) is 9.21. The first-order chi connectivity index (χ1) is 15.6. The van der Waals surface area contributed by atoms with Crippen LogP contribution >= 0.6 is 0 Å². The van der Waals surface area contributed by atoms with Crippen LogP contribution < -0.4 is 9.62 Å². The average Bonchev–Trinajstić information content (AvgIpc) is 2.72. The molecule has 0 saturated carbocycles. The fourth-order valence-corrected chi connectivity index (χ4v) is 4.27. The Balaban J connectivity index is 1.71. The Morgan fingerprint density at radius 1 is 1.36 bits per heavy atom. The van der Waals surface area contributed by atoms with Gasteiger partial charge in [-0.1, -0.05) is 6.07 Å². The molecule has 1 aliphatic heterocycles. The van der Waals surface area contributed by atoms with Crippen LogP contribution in [0.5, 0.6) is 0 Å². The molecule has 2 aromatic rings. The van der Waals surface area contributed by atoms with E-state index >= 15 is 0 Å². The maximum atomic E-state index is 12.4. The predicted octanol–water partition coefficient (Wildman–Crippen LogP) is 1.29. The molecular weight excluding hydrogens is 454 g/mol. The molecule has 12 nitrogen and oxygen atoms in total. The number of aromatic nitrogens is 1. The molecule has 172 valence electrons. The molecule has 1 saturated heterocycles. The van der Waals surface area contributed by atoms with Gasteiger partial charge in [0, 0.05) is 25.2 Å². The lowest BCUT2D eigenvalue weighted by Gasteiger charge is -2.39. The summed E-state index contributed by atoms with van der Waals surface area (Å²) in [5.74, 6) is -1.82. The van der Waals surface area contributed by atoms with E-state index in [9.17, 15) is 33.4 Å². The van der Waals surface area contributed by atoms with Crippen LogP contribution in [0.3, 0.4) is 0 Å². The molecule has 1 amide bonds. The number of nitro groups is 1. The summed E-state index contributed by atoms with van der Waals surface area (Å²) in [5, 5.41) is 20.3. The molecule has 13 heteroatoms. The van der Waals surface area contributed by atoms with Gasteiger partial charge in [0.15, 0.2) is 0 Å². The van der Waals surface area contributed by atoms with Gasteiger partial charge in [0.05, 0.1) is 39.2 Å². The number of non-ortho nitro benzene ring substituents is 1. The zero-order chi connectivity index (χ0) is 24.3. The van der Waals surface area contributed by atoms with Crippen LogP contribution in [0, 0.1) is 34.3 Å². The van der Waals surface area contributed by atoms with E-state index in [0.717, 1.165) is 18.2 Å². The van der Waals surface area contributed by atoms with Crippen molar-refractivity contribution < 1.29 is 27.7 Å². The summed E-state index contributed by atoms with van der Waals surface area (Å²) < 4.78 is 31.8. The fraction of sp³-hybridized carbons (Fsp3) is 0.300. The minimum Gasteiger partial charge on any atom is -0.462 e. The van der Waals surface area contributed by atoms with Crippen LogP contribution in [0.1, 0.15) is 28.5 Å². The van der Waals surface area contributed by atoms with Gasteiger partial charge in [-0.25, -0.2) is 22.9 Å². The van der Waals surface area contributed by atoms with E-state index in [1.54, 1.807) is 18.7 Å². The lowest BCUT2D eigenvalue weighted by Crippen LogP contribution is -2.55. The average molecular weight is 473 g/mol. The summed E-state index contributed by atoms with van der Waals surface area (Å²) in [6, 6.07) is 7.69. The van der Waals surface area contributed by atoms with E-state index in [0.29, 0.717) is 5.69 Å². The van der Waals surface area contributed by atoms with Gasteiger partial charge in [-0.05, 0) is 26.0 Å². The Labute approximate surface area is 189 Å². The molecule has 1 aliphatic rings. The van der Waals surface area contributed by atoms with Gasteiger partial charge in [-0.3, -0.25) is 14.9 Å². The summed E-state index contributed by atoms with van der Waals surface area (Å²) in [6.45, 7) is 3.60. The van der Waals surface area contributed by atoms with Crippen LogP contribution in [0.4, 0.5) is 11.5 Å². The molecule has 2 heterocycles. The number of hydrogen-bond acceptors (Lipinski definition) is 10. The summed E-state index contributed by atoms with van der Waals surface area (Å²) in [5.41, 5.74) is 0.210. The minimum atomic E-state index is -4.30. The molecule has 3 rings (SSSR count). The molecule has 0 radical (unpaired) electrons. The summed E-state index contributed by atoms with van der Waals surface area (Å²) in [4.78, 5) is 40.1. The molecule has 0 atom stereocenters. The normalized spacial score (nSPS) is 13.5. The number of nitrogens with zero attached hydrogens (tertiary/aromatic N) is 4. The summed E-state index contributed by atoms with van der Waals surface area (Å²) >= 11 is 0. The van der Waals surface area contributed by atoms with Crippen molar-refractivity contribution in [2.45, 2.75) is 18.7 Å². The quantitative estimate of drug-likeness (QED) is 0.351. The molecule has 0 bridgehead atoms. The number of benzene rings is 1. The Bertz CT molecular complexity index is 1280. The number of carbonyl (C=O) groups is 2. The van der Waals surface area contributed by atoms with Crippen molar-refractivity contribution >= 4 is 33.4 Å². The van der Waals surface area contributed by atoms with Gasteiger partial charge in [-0.2, -0.15) is 5.26 Å². The number of pyridine rings is 1. The Hall–Kier alpha value is -4.05. The first-order valence-corrected chi connectivity index (χ1v) is 11.2. The van der Waals surface area contributed by atoms with Gasteiger partial charge in [0.25, 0.3) is 15.7 Å². The number of nitro benzene ring substituents is 1. The number of sulfonamides is 1. The molecule has 0 spiro atoms. The third-order valence-corrected chi connectivity index (χ3v) is 6.28. The van der Waals surface area contributed by atoms with Gasteiger partial charge < -0.3 is 9.64 Å². The van der Waals surface area contributed by atoms with E-state index in [1.807, 2.05) is 10.8 Å². The Morgan fingerprint density at radius 2 is 2.06 bits per heavy atom. The van der Waals surface area contributed by atoms with Crippen LogP contribution in [0.15, 0.2) is 35.2 Å². The highest BCUT2D eigenvalue weighted by atomic mass is 32.2. The van der Waals surface area contributed by atoms with Crippen LogP contribution in [0.2, 0.25) is 0 Å². The van der Waals surface area contributed by atoms with Crippen LogP contribution in [0.25, 0.3) is 0 Å². The van der Waals surface area contributed by atoms with Gasteiger partial charge in [-0.15, -0.1) is 0 Å². The molecule has 1 aromatic carbocycles. The van der Waals surface area contributed by atoms with Crippen molar-refractivity contribution in [2.24, 2.45) is 5.92 Å². The second-order valence-corrected chi connectivity index (χ2v) is 8.83. The third-order valence-electron chi connectivity index (χ3n) is 4.93. The van der Waals surface area contributed by atoms with Crippen molar-refractivity contribution in [3.8, 4) is 6.07 Å². The topological polar surface area (TPSA) is 173 Å². The highest BCUT2D eigenvalue weighted by Gasteiger charge is 2.37. The van der Waals surface area contributed by atoms with Crippen molar-refractivity contribution in [1.29, 1.82) is 5.26 Å². The predicted molar refractivity (Wildman–Crippen MR) is 114 cm³/mol. The largest absolute Gasteiger partial charge is 0.462 e. The van der Waals surface area contributed by atoms with Gasteiger partial charge in [0.2, 0.25) is 5.91 Å². The van der Waals surface area contributed by atoms with E-state index in [4.69, 9.17) is 4.74 Å². The van der Waals surface area contributed by atoms with E-state index in [1.165, 1.54) is 12.1 Å². The lowest BCUT2D eigenvalue weighted by atomic mass is 9.98. The van der Waals surface area contributed by atoms with E-state index in [-0.39, 0.29) is 36.6 Å². The SMILES string of the molecule is CCOC(=O)c1cc(C#N)c(N2CC(C(=O)NS(=O)(=O)c3cccc([N+](=O)[O-])c3)C2)nc1C. The van der Waals surface area contributed by atoms with E-state index < -0.39 is 43.3 Å². The van der Waals surface area contributed by atoms with Crippen LogP contribution in [-0.4, -0.2) is 49.9 Å². The number of rotatable bonds is 7. The van der Waals surface area contributed by atoms with Crippen molar-refractivity contribution in [2.75, 3.05) is 24.6 Å². The first kappa shape index (κ1) is 23.6. The van der Waals surface area contributed by atoms with Gasteiger partial charge in [0.1, 0.15) is 11.9 Å². The number of nitriles is 1. The highest BCUT2D eigenvalue weighted by molar-refractivity contribution is 7.90. The smallest absolute Gasteiger partial charge is 0.340 e. The number of carbonyl (C=O) groups excluding carboxylic acids is 2. The van der Waals surface area contributed by atoms with Crippen molar-refractivity contribution in [3.63, 3.8) is 0 Å². The lowest BCUT2D eigenvalue weighted by molar-refractivity contribution is -0.385. The molecule has 1 N–H and O–H groups in total. The molecule has 33 heavy (non-hydrogen) atoms. The molecule has 1 fully saturated rings. The molecule has 0 unspecified atom stereocenters. The maximum Gasteiger partial charge on any atom is 0.340 e. The number of aryl methyl sites for hydroxylation is 1. The Morgan fingerprint density at radius 3 is 2.67 bits per heavy atom. The number of anilines is 1. The summed E-state index contributed by atoms with van der Waals surface area (Å²) in [7, 11) is -4.30. The van der Waals surface area contributed by atoms with Crippen molar-refractivity contribution in [1.82, 2.24) is 9.71 Å². The molecule has 0 aliphatic carbocycles. The molecule has 1 aromatic heterocycles. The number of hydrogen-bond donors (Lipinski definition) is 1. The number of ether oxygens (including phenoxy) is 1. The first-order valence-electron chi connectivity index (χ1n) is 9.72. The molecular formula is C20H19N5O7S. The second-order valence-electron chi connectivity index (χ2n) is 7.15. The zero-order valence-corrected chi connectivity index (χ0v) is 18.5. The standard InChI is InChI=1S/C20H19N5O7S/c1-3-32-20(27)17-7-13(9-21)18(22-12(17)2)24-10-14(11-24)19(26)23-33(30,31)16-6-4-5-15(8-16)25(28)29/h4-8,14H,3,10-11H2,1-2H3,(H,23,26). The number of amides is 1.